The predicted molar refractivity (Wildman–Crippen MR) is 83.0 cm³/mol. The lowest BCUT2D eigenvalue weighted by atomic mass is 9.96. The lowest BCUT2D eigenvalue weighted by molar-refractivity contribution is 0.0690. The zero-order valence-corrected chi connectivity index (χ0v) is 12.7. The first-order chi connectivity index (χ1) is 9.74. The SMILES string of the molecule is CCNCC1CCN(C(=O)c2ccc(CC)cc2)CC1. The molecule has 2 rings (SSSR count). The van der Waals surface area contributed by atoms with Crippen LogP contribution in [-0.4, -0.2) is 37.0 Å². The summed E-state index contributed by atoms with van der Waals surface area (Å²) < 4.78 is 0. The van der Waals surface area contributed by atoms with Crippen molar-refractivity contribution in [1.82, 2.24) is 10.2 Å². The van der Waals surface area contributed by atoms with Gasteiger partial charge in [-0.25, -0.2) is 0 Å². The third kappa shape index (κ3) is 3.83. The molecule has 1 N–H and O–H groups in total. The molecule has 1 fully saturated rings. The molecular formula is C17H26N2O. The van der Waals surface area contributed by atoms with E-state index in [0.29, 0.717) is 0 Å². The Kier molecular flexibility index (Phi) is 5.60. The van der Waals surface area contributed by atoms with Crippen LogP contribution in [0.2, 0.25) is 0 Å². The Morgan fingerprint density at radius 1 is 1.20 bits per heavy atom. The van der Waals surface area contributed by atoms with E-state index in [9.17, 15) is 4.79 Å². The zero-order valence-electron chi connectivity index (χ0n) is 12.7. The van der Waals surface area contributed by atoms with E-state index in [2.05, 4.69) is 31.3 Å². The number of rotatable bonds is 5. The van der Waals surface area contributed by atoms with Gasteiger partial charge in [-0.1, -0.05) is 26.0 Å². The normalized spacial score (nSPS) is 16.4. The second-order valence-electron chi connectivity index (χ2n) is 5.59. The van der Waals surface area contributed by atoms with Crippen LogP contribution in [-0.2, 0) is 6.42 Å². The highest BCUT2D eigenvalue weighted by Crippen LogP contribution is 2.18. The van der Waals surface area contributed by atoms with Crippen LogP contribution < -0.4 is 5.32 Å². The highest BCUT2D eigenvalue weighted by molar-refractivity contribution is 5.94. The zero-order chi connectivity index (χ0) is 14.4. The van der Waals surface area contributed by atoms with Gasteiger partial charge in [-0.2, -0.15) is 0 Å². The summed E-state index contributed by atoms with van der Waals surface area (Å²) in [5.41, 5.74) is 2.11. The van der Waals surface area contributed by atoms with Crippen molar-refractivity contribution in [2.24, 2.45) is 5.92 Å². The van der Waals surface area contributed by atoms with Crippen LogP contribution in [0.5, 0.6) is 0 Å². The fourth-order valence-corrected chi connectivity index (χ4v) is 2.75. The lowest BCUT2D eigenvalue weighted by Gasteiger charge is -2.32. The van der Waals surface area contributed by atoms with Crippen molar-refractivity contribution < 1.29 is 4.79 Å². The number of nitrogens with zero attached hydrogens (tertiary/aromatic N) is 1. The Morgan fingerprint density at radius 2 is 1.85 bits per heavy atom. The van der Waals surface area contributed by atoms with Gasteiger partial charge in [-0.05, 0) is 56.0 Å². The average Bonchev–Trinajstić information content (AvgIpc) is 2.53. The molecule has 0 atom stereocenters. The van der Waals surface area contributed by atoms with Crippen molar-refractivity contribution >= 4 is 5.91 Å². The summed E-state index contributed by atoms with van der Waals surface area (Å²) in [6.07, 6.45) is 3.25. The molecule has 110 valence electrons. The van der Waals surface area contributed by atoms with E-state index in [-0.39, 0.29) is 5.91 Å². The van der Waals surface area contributed by atoms with Crippen LogP contribution in [0.25, 0.3) is 0 Å². The van der Waals surface area contributed by atoms with E-state index in [1.165, 1.54) is 5.56 Å². The maximum Gasteiger partial charge on any atom is 0.253 e. The van der Waals surface area contributed by atoms with Crippen LogP contribution in [0.15, 0.2) is 24.3 Å². The standard InChI is InChI=1S/C17H26N2O/c1-3-14-5-7-16(8-6-14)17(20)19-11-9-15(10-12-19)13-18-4-2/h5-8,15,18H,3-4,9-13H2,1-2H3. The highest BCUT2D eigenvalue weighted by atomic mass is 16.2. The summed E-state index contributed by atoms with van der Waals surface area (Å²) in [7, 11) is 0. The van der Waals surface area contributed by atoms with Crippen LogP contribution >= 0.6 is 0 Å². The molecule has 1 amide bonds. The van der Waals surface area contributed by atoms with Gasteiger partial charge in [0.15, 0.2) is 0 Å². The fourth-order valence-electron chi connectivity index (χ4n) is 2.75. The van der Waals surface area contributed by atoms with Crippen molar-refractivity contribution in [3.8, 4) is 0 Å². The number of carbonyl (C=O) groups is 1. The van der Waals surface area contributed by atoms with Crippen molar-refractivity contribution in [3.05, 3.63) is 35.4 Å². The molecule has 0 aromatic heterocycles. The Morgan fingerprint density at radius 3 is 2.40 bits per heavy atom. The molecule has 3 nitrogen and oxygen atoms in total. The number of benzene rings is 1. The summed E-state index contributed by atoms with van der Waals surface area (Å²) in [6, 6.07) is 8.05. The first-order valence-electron chi connectivity index (χ1n) is 7.83. The van der Waals surface area contributed by atoms with Gasteiger partial charge in [0, 0.05) is 18.7 Å². The highest BCUT2D eigenvalue weighted by Gasteiger charge is 2.23. The number of aryl methyl sites for hydroxylation is 1. The molecular weight excluding hydrogens is 248 g/mol. The minimum atomic E-state index is 0.189. The predicted octanol–water partition coefficient (Wildman–Crippen LogP) is 2.71. The second-order valence-corrected chi connectivity index (χ2v) is 5.59. The molecule has 0 spiro atoms. The average molecular weight is 274 g/mol. The van der Waals surface area contributed by atoms with Crippen LogP contribution in [0.4, 0.5) is 0 Å². The summed E-state index contributed by atoms with van der Waals surface area (Å²) in [5, 5.41) is 3.40. The number of carbonyl (C=O) groups excluding carboxylic acids is 1. The molecule has 1 aromatic rings. The number of hydrogen-bond donors (Lipinski definition) is 1. The number of amides is 1. The van der Waals surface area contributed by atoms with Gasteiger partial charge in [-0.15, -0.1) is 0 Å². The van der Waals surface area contributed by atoms with Gasteiger partial charge < -0.3 is 10.2 Å². The molecule has 1 aliphatic heterocycles. The van der Waals surface area contributed by atoms with E-state index >= 15 is 0 Å². The number of nitrogens with one attached hydrogen (secondary N) is 1. The van der Waals surface area contributed by atoms with Crippen molar-refractivity contribution in [1.29, 1.82) is 0 Å². The largest absolute Gasteiger partial charge is 0.339 e. The van der Waals surface area contributed by atoms with E-state index < -0.39 is 0 Å². The Hall–Kier alpha value is -1.35. The number of piperidine rings is 1. The van der Waals surface area contributed by atoms with Crippen LogP contribution in [0.1, 0.15) is 42.6 Å². The Bertz CT molecular complexity index is 419. The molecule has 1 aromatic carbocycles. The smallest absolute Gasteiger partial charge is 0.253 e. The quantitative estimate of drug-likeness (QED) is 0.895. The number of likely N-dealkylation sites (tertiary alicyclic amines) is 1. The maximum atomic E-state index is 12.4. The molecule has 0 aliphatic carbocycles. The topological polar surface area (TPSA) is 32.3 Å². The van der Waals surface area contributed by atoms with Crippen LogP contribution in [0.3, 0.4) is 0 Å². The van der Waals surface area contributed by atoms with Crippen molar-refractivity contribution in [2.45, 2.75) is 33.1 Å². The van der Waals surface area contributed by atoms with Crippen LogP contribution in [0, 0.1) is 5.92 Å². The third-order valence-corrected chi connectivity index (χ3v) is 4.19. The molecule has 20 heavy (non-hydrogen) atoms. The monoisotopic (exact) mass is 274 g/mol. The Balaban J connectivity index is 1.87. The lowest BCUT2D eigenvalue weighted by Crippen LogP contribution is -2.40. The van der Waals surface area contributed by atoms with Crippen molar-refractivity contribution in [2.75, 3.05) is 26.2 Å². The first kappa shape index (κ1) is 15.0. The summed E-state index contributed by atoms with van der Waals surface area (Å²) in [4.78, 5) is 14.4. The molecule has 0 radical (unpaired) electrons. The molecule has 3 heteroatoms. The minimum Gasteiger partial charge on any atom is -0.339 e. The summed E-state index contributed by atoms with van der Waals surface area (Å²) in [6.45, 7) is 8.17. The molecule has 1 aliphatic rings. The van der Waals surface area contributed by atoms with Gasteiger partial charge in [0.05, 0.1) is 0 Å². The van der Waals surface area contributed by atoms with Gasteiger partial charge in [0.1, 0.15) is 0 Å². The Labute approximate surface area is 122 Å². The fraction of sp³-hybridized carbons (Fsp3) is 0.588. The van der Waals surface area contributed by atoms with E-state index in [1.54, 1.807) is 0 Å². The molecule has 0 bridgehead atoms. The molecule has 1 heterocycles. The molecule has 0 saturated carbocycles. The van der Waals surface area contributed by atoms with Gasteiger partial charge in [-0.3, -0.25) is 4.79 Å². The summed E-state index contributed by atoms with van der Waals surface area (Å²) in [5.74, 6) is 0.913. The van der Waals surface area contributed by atoms with E-state index in [0.717, 1.165) is 56.9 Å². The van der Waals surface area contributed by atoms with E-state index in [1.807, 2.05) is 17.0 Å². The minimum absolute atomic E-state index is 0.189. The summed E-state index contributed by atoms with van der Waals surface area (Å²) >= 11 is 0. The second kappa shape index (κ2) is 7.44. The van der Waals surface area contributed by atoms with Crippen molar-refractivity contribution in [3.63, 3.8) is 0 Å². The van der Waals surface area contributed by atoms with Gasteiger partial charge >= 0.3 is 0 Å². The van der Waals surface area contributed by atoms with Gasteiger partial charge in [0.25, 0.3) is 5.91 Å². The first-order valence-corrected chi connectivity index (χ1v) is 7.83. The van der Waals surface area contributed by atoms with E-state index in [4.69, 9.17) is 0 Å². The maximum absolute atomic E-state index is 12.4. The third-order valence-electron chi connectivity index (χ3n) is 4.19. The molecule has 0 unspecified atom stereocenters. The molecule has 1 saturated heterocycles. The van der Waals surface area contributed by atoms with Gasteiger partial charge in [0.2, 0.25) is 0 Å². The number of hydrogen-bond acceptors (Lipinski definition) is 2.